The van der Waals surface area contributed by atoms with Gasteiger partial charge in [0.1, 0.15) is 5.58 Å². The molecule has 1 aromatic heterocycles. The average Bonchev–Trinajstić information content (AvgIpc) is 3.83. The summed E-state index contributed by atoms with van der Waals surface area (Å²) in [5.74, 6) is 0. The van der Waals surface area contributed by atoms with Gasteiger partial charge in [-0.25, -0.2) is 0 Å². The van der Waals surface area contributed by atoms with Crippen molar-refractivity contribution in [1.82, 2.24) is 0 Å². The highest BCUT2D eigenvalue weighted by atomic mass is 16.3. The number of nitrogens with zero attached hydrogens (tertiary/aromatic N) is 1. The molecule has 0 N–H and O–H groups in total. The molecule has 0 unspecified atom stereocenters. The Morgan fingerprint density at radius 1 is 0.344 bits per heavy atom. The van der Waals surface area contributed by atoms with Crippen LogP contribution in [0.5, 0.6) is 0 Å². The smallest absolute Gasteiger partial charge is 0.159 e. The zero-order valence-electron chi connectivity index (χ0n) is 34.1. The summed E-state index contributed by atoms with van der Waals surface area (Å²) in [6.07, 6.45) is 0. The molecule has 1 aliphatic rings. The normalized spacial score (nSPS) is 12.9. The van der Waals surface area contributed by atoms with E-state index >= 15 is 0 Å². The summed E-state index contributed by atoms with van der Waals surface area (Å²) < 4.78 is 7.30. The second kappa shape index (κ2) is 13.7. The van der Waals surface area contributed by atoms with Crippen LogP contribution in [-0.2, 0) is 5.41 Å². The third kappa shape index (κ3) is 5.56. The number of hydrogen-bond acceptors (Lipinski definition) is 2. The molecule has 2 heteroatoms. The largest absolute Gasteiger partial charge is 0.453 e. The van der Waals surface area contributed by atoms with E-state index in [1.807, 2.05) is 0 Å². The first kappa shape index (κ1) is 35.3. The monoisotopic (exact) mass is 779 g/mol. The summed E-state index contributed by atoms with van der Waals surface area (Å²) in [5.41, 5.74) is 17.1. The van der Waals surface area contributed by atoms with E-state index in [9.17, 15) is 0 Å². The highest BCUT2D eigenvalue weighted by Gasteiger charge is 2.36. The molecule has 12 rings (SSSR count). The molecule has 0 amide bonds. The van der Waals surface area contributed by atoms with Crippen LogP contribution in [0, 0.1) is 0 Å². The average molecular weight is 780 g/mol. The maximum absolute atomic E-state index is 7.30. The van der Waals surface area contributed by atoms with Crippen LogP contribution in [0.3, 0.4) is 0 Å². The van der Waals surface area contributed by atoms with Crippen LogP contribution in [0.1, 0.15) is 25.0 Å². The Kier molecular flexibility index (Phi) is 7.92. The molecule has 0 radical (unpaired) electrons. The van der Waals surface area contributed by atoms with Crippen molar-refractivity contribution in [3.8, 4) is 44.5 Å². The zero-order chi connectivity index (χ0) is 40.7. The van der Waals surface area contributed by atoms with E-state index in [1.165, 1.54) is 60.7 Å². The van der Waals surface area contributed by atoms with Gasteiger partial charge in [0.25, 0.3) is 0 Å². The van der Waals surface area contributed by atoms with Crippen LogP contribution in [0.15, 0.2) is 217 Å². The maximum atomic E-state index is 7.30. The number of rotatable bonds is 6. The third-order valence-corrected chi connectivity index (χ3v) is 13.1. The van der Waals surface area contributed by atoms with Crippen LogP contribution in [0.4, 0.5) is 17.1 Å². The van der Waals surface area contributed by atoms with Crippen molar-refractivity contribution in [2.75, 3.05) is 4.90 Å². The van der Waals surface area contributed by atoms with Crippen LogP contribution < -0.4 is 4.90 Å². The van der Waals surface area contributed by atoms with Crippen LogP contribution in [0.2, 0.25) is 0 Å². The van der Waals surface area contributed by atoms with Gasteiger partial charge in [0, 0.05) is 32.9 Å². The lowest BCUT2D eigenvalue weighted by atomic mass is 9.82. The Morgan fingerprint density at radius 2 is 0.836 bits per heavy atom. The van der Waals surface area contributed by atoms with E-state index in [-0.39, 0.29) is 5.41 Å². The standard InChI is InChI=1S/C59H41NO/c1-59(2)53-24-14-13-21-48(53)49-34-33-45(37-54(49)59)60(44-31-29-42(30-32-44)41-27-25-40(26-28-41)38-15-5-3-6-16-38)55-36-43(39-17-7-4-8-18-39)35-52-56-50-22-11-9-19-46(50)47-20-10-12-23-51(47)58(56)61-57(52)55/h3-37H,1-2H3. The quantitative estimate of drug-likeness (QED) is 0.156. The predicted molar refractivity (Wildman–Crippen MR) is 257 cm³/mol. The van der Waals surface area contributed by atoms with Crippen molar-refractivity contribution >= 4 is 60.5 Å². The molecule has 0 bridgehead atoms. The fraction of sp³-hybridized carbons (Fsp3) is 0.0508. The minimum absolute atomic E-state index is 0.165. The first-order chi connectivity index (χ1) is 30.0. The maximum Gasteiger partial charge on any atom is 0.159 e. The highest BCUT2D eigenvalue weighted by Crippen LogP contribution is 2.52. The third-order valence-electron chi connectivity index (χ3n) is 13.1. The second-order valence-corrected chi connectivity index (χ2v) is 16.9. The first-order valence-corrected chi connectivity index (χ1v) is 21.2. The van der Waals surface area contributed by atoms with Crippen molar-refractivity contribution in [1.29, 1.82) is 0 Å². The molecular formula is C59H41NO. The van der Waals surface area contributed by atoms with Crippen molar-refractivity contribution in [2.24, 2.45) is 0 Å². The van der Waals surface area contributed by atoms with Crippen LogP contribution in [0.25, 0.3) is 88.0 Å². The molecule has 10 aromatic carbocycles. The number of anilines is 3. The minimum atomic E-state index is -0.165. The van der Waals surface area contributed by atoms with Gasteiger partial charge in [0.2, 0.25) is 0 Å². The number of benzene rings is 10. The Morgan fingerprint density at radius 3 is 1.51 bits per heavy atom. The molecular weight excluding hydrogens is 739 g/mol. The van der Waals surface area contributed by atoms with Gasteiger partial charge in [-0.3, -0.25) is 0 Å². The first-order valence-electron chi connectivity index (χ1n) is 21.2. The summed E-state index contributed by atoms with van der Waals surface area (Å²) in [5, 5.41) is 6.97. The Bertz CT molecular complexity index is 3470. The van der Waals surface area contributed by atoms with E-state index in [1.54, 1.807) is 0 Å². The molecule has 0 aliphatic heterocycles. The Balaban J connectivity index is 1.11. The van der Waals surface area contributed by atoms with Gasteiger partial charge in [-0.2, -0.15) is 0 Å². The summed E-state index contributed by atoms with van der Waals surface area (Å²) >= 11 is 0. The highest BCUT2D eigenvalue weighted by molar-refractivity contribution is 6.31. The van der Waals surface area contributed by atoms with Gasteiger partial charge < -0.3 is 9.32 Å². The van der Waals surface area contributed by atoms with Gasteiger partial charge in [-0.05, 0) is 108 Å². The molecule has 0 saturated heterocycles. The summed E-state index contributed by atoms with van der Waals surface area (Å²) in [6, 6.07) is 77.2. The van der Waals surface area contributed by atoms with Crippen LogP contribution >= 0.6 is 0 Å². The van der Waals surface area contributed by atoms with E-state index in [4.69, 9.17) is 4.42 Å². The molecule has 61 heavy (non-hydrogen) atoms. The lowest BCUT2D eigenvalue weighted by Gasteiger charge is -2.28. The Hall–Kier alpha value is -7.68. The van der Waals surface area contributed by atoms with Gasteiger partial charge in [0.15, 0.2) is 5.58 Å². The van der Waals surface area contributed by atoms with Crippen molar-refractivity contribution < 1.29 is 4.42 Å². The summed E-state index contributed by atoms with van der Waals surface area (Å²) in [4.78, 5) is 2.42. The van der Waals surface area contributed by atoms with Gasteiger partial charge in [-0.1, -0.05) is 190 Å². The van der Waals surface area contributed by atoms with Gasteiger partial charge in [-0.15, -0.1) is 0 Å². The van der Waals surface area contributed by atoms with Gasteiger partial charge >= 0.3 is 0 Å². The SMILES string of the molecule is CC1(C)c2ccccc2-c2ccc(N(c3ccc(-c4ccc(-c5ccccc5)cc4)cc3)c3cc(-c4ccccc4)cc4c3oc3c5ccccc5c5ccccc5c43)cc21. The molecule has 1 aliphatic carbocycles. The van der Waals surface area contributed by atoms with Crippen molar-refractivity contribution in [3.63, 3.8) is 0 Å². The van der Waals surface area contributed by atoms with E-state index in [2.05, 4.69) is 231 Å². The molecule has 0 spiro atoms. The minimum Gasteiger partial charge on any atom is -0.453 e. The molecule has 1 heterocycles. The van der Waals surface area contributed by atoms with E-state index < -0.39 is 0 Å². The van der Waals surface area contributed by atoms with E-state index in [0.29, 0.717) is 0 Å². The van der Waals surface area contributed by atoms with E-state index in [0.717, 1.165) is 55.5 Å². The number of fused-ring (bicyclic) bond motifs is 11. The van der Waals surface area contributed by atoms with Crippen LogP contribution in [-0.4, -0.2) is 0 Å². The molecule has 0 saturated carbocycles. The number of furan rings is 1. The second-order valence-electron chi connectivity index (χ2n) is 16.9. The zero-order valence-corrected chi connectivity index (χ0v) is 34.1. The predicted octanol–water partition coefficient (Wildman–Crippen LogP) is 16.7. The van der Waals surface area contributed by atoms with Gasteiger partial charge in [0.05, 0.1) is 5.69 Å². The lowest BCUT2D eigenvalue weighted by Crippen LogP contribution is -2.16. The summed E-state index contributed by atoms with van der Waals surface area (Å²) in [7, 11) is 0. The van der Waals surface area contributed by atoms with Crippen molar-refractivity contribution in [2.45, 2.75) is 19.3 Å². The molecule has 0 atom stereocenters. The fourth-order valence-electron chi connectivity index (χ4n) is 10.0. The Labute approximate surface area is 355 Å². The molecule has 0 fully saturated rings. The lowest BCUT2D eigenvalue weighted by molar-refractivity contribution is 0.660. The van der Waals surface area contributed by atoms with Crippen molar-refractivity contribution in [3.05, 3.63) is 223 Å². The molecule has 11 aromatic rings. The molecule has 2 nitrogen and oxygen atoms in total. The summed E-state index contributed by atoms with van der Waals surface area (Å²) in [6.45, 7) is 4.71. The number of hydrogen-bond donors (Lipinski definition) is 0. The topological polar surface area (TPSA) is 16.4 Å². The molecule has 288 valence electrons. The fourth-order valence-corrected chi connectivity index (χ4v) is 10.0.